The Morgan fingerprint density at radius 3 is 2.78 bits per heavy atom. The Labute approximate surface area is 139 Å². The number of carbonyl (C=O) groups excluding carboxylic acids is 2. The van der Waals surface area contributed by atoms with Crippen molar-refractivity contribution in [2.75, 3.05) is 5.75 Å². The quantitative estimate of drug-likeness (QED) is 0.902. The molecule has 1 aromatic carbocycles. The fourth-order valence-electron chi connectivity index (χ4n) is 2.82. The Balaban J connectivity index is 1.85. The lowest BCUT2D eigenvalue weighted by molar-refractivity contribution is -0.123. The van der Waals surface area contributed by atoms with Gasteiger partial charge in [-0.1, -0.05) is 23.9 Å². The molecule has 1 aromatic heterocycles. The molecule has 6 nitrogen and oxygen atoms in total. The Kier molecular flexibility index (Phi) is 4.30. The third-order valence-electron chi connectivity index (χ3n) is 3.88. The Morgan fingerprint density at radius 2 is 2.13 bits per heavy atom. The van der Waals surface area contributed by atoms with E-state index in [1.807, 2.05) is 31.2 Å². The molecule has 2 amide bonds. The van der Waals surface area contributed by atoms with Gasteiger partial charge in [0.2, 0.25) is 5.91 Å². The molecule has 23 heavy (non-hydrogen) atoms. The highest BCUT2D eigenvalue weighted by molar-refractivity contribution is 8.14. The van der Waals surface area contributed by atoms with Gasteiger partial charge in [0.25, 0.3) is 5.24 Å². The van der Waals surface area contributed by atoms with Gasteiger partial charge in [-0.15, -0.1) is 0 Å². The van der Waals surface area contributed by atoms with Crippen molar-refractivity contribution < 1.29 is 9.59 Å². The zero-order valence-corrected chi connectivity index (χ0v) is 14.2. The summed E-state index contributed by atoms with van der Waals surface area (Å²) in [6, 6.07) is 7.48. The minimum atomic E-state index is -0.466. The second-order valence-corrected chi connectivity index (χ2v) is 6.94. The number of nitrogens with zero attached hydrogens (tertiary/aromatic N) is 2. The minimum absolute atomic E-state index is 0.146. The number of thioether (sulfide) groups is 1. The van der Waals surface area contributed by atoms with Gasteiger partial charge in [0.1, 0.15) is 11.9 Å². The Morgan fingerprint density at radius 1 is 1.39 bits per heavy atom. The largest absolute Gasteiger partial charge is 0.345 e. The molecular formula is C16H20N4O2S. The van der Waals surface area contributed by atoms with Crippen molar-refractivity contribution in [1.29, 1.82) is 0 Å². The maximum absolute atomic E-state index is 12.3. The molecule has 1 saturated heterocycles. The van der Waals surface area contributed by atoms with E-state index < -0.39 is 6.04 Å². The van der Waals surface area contributed by atoms with Crippen LogP contribution in [0.3, 0.4) is 0 Å². The topological polar surface area (TPSA) is 76.0 Å². The first-order chi connectivity index (χ1) is 11.0. The summed E-state index contributed by atoms with van der Waals surface area (Å²) in [6.07, 6.45) is 0. The summed E-state index contributed by atoms with van der Waals surface area (Å²) in [5.41, 5.74) is 1.98. The van der Waals surface area contributed by atoms with Crippen molar-refractivity contribution in [1.82, 2.24) is 20.2 Å². The maximum atomic E-state index is 12.3. The highest BCUT2D eigenvalue weighted by Crippen LogP contribution is 2.25. The van der Waals surface area contributed by atoms with E-state index in [9.17, 15) is 9.59 Å². The predicted octanol–water partition coefficient (Wildman–Crippen LogP) is 2.62. The number of imidazole rings is 1. The van der Waals surface area contributed by atoms with Crippen LogP contribution in [0.15, 0.2) is 24.3 Å². The monoisotopic (exact) mass is 332 g/mol. The zero-order chi connectivity index (χ0) is 16.6. The molecule has 122 valence electrons. The first-order valence-electron chi connectivity index (χ1n) is 7.68. The van der Waals surface area contributed by atoms with Crippen LogP contribution < -0.4 is 10.6 Å². The number of benzene rings is 1. The molecule has 0 radical (unpaired) electrons. The highest BCUT2D eigenvalue weighted by Gasteiger charge is 2.30. The van der Waals surface area contributed by atoms with Crippen LogP contribution in [-0.4, -0.2) is 32.5 Å². The fraction of sp³-hybridized carbons (Fsp3) is 0.438. The van der Waals surface area contributed by atoms with Crippen LogP contribution in [0, 0.1) is 0 Å². The molecule has 0 bridgehead atoms. The maximum Gasteiger partial charge on any atom is 0.279 e. The van der Waals surface area contributed by atoms with Crippen LogP contribution in [0.1, 0.15) is 38.7 Å². The average Bonchev–Trinajstić information content (AvgIpc) is 3.10. The Hall–Kier alpha value is -2.02. The smallest absolute Gasteiger partial charge is 0.279 e. The van der Waals surface area contributed by atoms with Crippen molar-refractivity contribution in [3.8, 4) is 0 Å². The van der Waals surface area contributed by atoms with Crippen LogP contribution in [0.4, 0.5) is 4.79 Å². The first kappa shape index (κ1) is 15.9. The van der Waals surface area contributed by atoms with Crippen molar-refractivity contribution >= 4 is 33.9 Å². The number of nitrogens with one attached hydrogen (secondary N) is 2. The summed E-state index contributed by atoms with van der Waals surface area (Å²) in [7, 11) is 0. The number of aromatic nitrogens is 2. The van der Waals surface area contributed by atoms with E-state index in [4.69, 9.17) is 0 Å². The molecule has 1 aliphatic rings. The van der Waals surface area contributed by atoms with Gasteiger partial charge in [0.15, 0.2) is 0 Å². The van der Waals surface area contributed by atoms with E-state index >= 15 is 0 Å². The number of hydrogen-bond acceptors (Lipinski definition) is 4. The molecule has 1 aliphatic heterocycles. The van der Waals surface area contributed by atoms with E-state index in [2.05, 4.69) is 34.0 Å². The molecule has 7 heteroatoms. The lowest BCUT2D eigenvalue weighted by atomic mass is 10.2. The standard InChI is InChI=1S/C16H20N4O2S/c1-9(2)20-13-7-5-4-6-11(13)18-14(20)10(3)17-15(21)12-8-23-16(22)19-12/h4-7,9-10,12H,8H2,1-3H3,(H,17,21)(H,19,22). The van der Waals surface area contributed by atoms with E-state index in [0.29, 0.717) is 5.75 Å². The van der Waals surface area contributed by atoms with Gasteiger partial charge in [0, 0.05) is 11.8 Å². The molecule has 2 heterocycles. The summed E-state index contributed by atoms with van der Waals surface area (Å²) >= 11 is 1.14. The normalized spacial score (nSPS) is 19.1. The molecule has 0 aliphatic carbocycles. The van der Waals surface area contributed by atoms with Gasteiger partial charge < -0.3 is 15.2 Å². The van der Waals surface area contributed by atoms with Gasteiger partial charge in [-0.2, -0.15) is 0 Å². The first-order valence-corrected chi connectivity index (χ1v) is 8.66. The van der Waals surface area contributed by atoms with Crippen molar-refractivity contribution in [3.05, 3.63) is 30.1 Å². The van der Waals surface area contributed by atoms with Crippen LogP contribution in [0.2, 0.25) is 0 Å². The SMILES string of the molecule is CC(NC(=O)C1CSC(=O)N1)c1nc2ccccc2n1C(C)C. The van der Waals surface area contributed by atoms with Gasteiger partial charge in [-0.25, -0.2) is 4.98 Å². The fourth-order valence-corrected chi connectivity index (χ4v) is 3.59. The van der Waals surface area contributed by atoms with Gasteiger partial charge in [-0.3, -0.25) is 9.59 Å². The van der Waals surface area contributed by atoms with E-state index in [0.717, 1.165) is 28.6 Å². The molecule has 2 atom stereocenters. The summed E-state index contributed by atoms with van der Waals surface area (Å²) in [5, 5.41) is 5.48. The molecule has 1 fully saturated rings. The van der Waals surface area contributed by atoms with E-state index in [1.54, 1.807) is 0 Å². The summed E-state index contributed by atoms with van der Waals surface area (Å²) in [6.45, 7) is 6.11. The molecule has 2 N–H and O–H groups in total. The molecule has 0 saturated carbocycles. The Bertz CT molecular complexity index is 756. The van der Waals surface area contributed by atoms with Crippen molar-refractivity contribution in [2.24, 2.45) is 0 Å². The molecule has 3 rings (SSSR count). The van der Waals surface area contributed by atoms with Crippen LogP contribution in [-0.2, 0) is 4.79 Å². The molecule has 0 spiro atoms. The summed E-state index contributed by atoms with van der Waals surface area (Å²) in [4.78, 5) is 28.2. The number of hydrogen-bond donors (Lipinski definition) is 2. The number of amides is 2. The average molecular weight is 332 g/mol. The third kappa shape index (κ3) is 3.06. The van der Waals surface area contributed by atoms with Crippen LogP contribution in [0.5, 0.6) is 0 Å². The summed E-state index contributed by atoms with van der Waals surface area (Å²) in [5.74, 6) is 1.13. The number of carbonyl (C=O) groups is 2. The van der Waals surface area contributed by atoms with Crippen molar-refractivity contribution in [2.45, 2.75) is 38.9 Å². The van der Waals surface area contributed by atoms with E-state index in [-0.39, 0.29) is 23.2 Å². The van der Waals surface area contributed by atoms with E-state index in [1.165, 1.54) is 0 Å². The van der Waals surface area contributed by atoms with Crippen molar-refractivity contribution in [3.63, 3.8) is 0 Å². The lowest BCUT2D eigenvalue weighted by Gasteiger charge is -2.20. The summed E-state index contributed by atoms with van der Waals surface area (Å²) < 4.78 is 2.14. The molecular weight excluding hydrogens is 312 g/mol. The number of para-hydroxylation sites is 2. The van der Waals surface area contributed by atoms with Crippen LogP contribution >= 0.6 is 11.8 Å². The van der Waals surface area contributed by atoms with Gasteiger partial charge in [0.05, 0.1) is 17.1 Å². The third-order valence-corrected chi connectivity index (χ3v) is 4.76. The number of fused-ring (bicyclic) bond motifs is 1. The zero-order valence-electron chi connectivity index (χ0n) is 13.4. The second kappa shape index (κ2) is 6.23. The molecule has 2 unspecified atom stereocenters. The highest BCUT2D eigenvalue weighted by atomic mass is 32.2. The van der Waals surface area contributed by atoms with Gasteiger partial charge in [-0.05, 0) is 32.9 Å². The lowest BCUT2D eigenvalue weighted by Crippen LogP contribution is -2.44. The van der Waals surface area contributed by atoms with Gasteiger partial charge >= 0.3 is 0 Å². The molecule has 2 aromatic rings. The van der Waals surface area contributed by atoms with Crippen LogP contribution in [0.25, 0.3) is 11.0 Å². The minimum Gasteiger partial charge on any atom is -0.345 e. The predicted molar refractivity (Wildman–Crippen MR) is 91.5 cm³/mol. The number of rotatable bonds is 4. The second-order valence-electron chi connectivity index (χ2n) is 5.95.